The third kappa shape index (κ3) is 5.91. The van der Waals surface area contributed by atoms with Crippen molar-refractivity contribution in [3.05, 3.63) is 50.7 Å². The van der Waals surface area contributed by atoms with E-state index in [0.717, 1.165) is 29.9 Å². The van der Waals surface area contributed by atoms with Crippen molar-refractivity contribution in [2.75, 3.05) is 12.5 Å². The number of ether oxygens (including phenoxy) is 1. The predicted octanol–water partition coefficient (Wildman–Crippen LogP) is 4.02. The molecule has 0 aliphatic rings. The van der Waals surface area contributed by atoms with E-state index in [9.17, 15) is 9.59 Å². The summed E-state index contributed by atoms with van der Waals surface area (Å²) in [5.74, 6) is 1.21. The molecule has 1 aromatic carbocycles. The van der Waals surface area contributed by atoms with Crippen LogP contribution in [0.25, 0.3) is 11.2 Å². The highest BCUT2D eigenvalue weighted by Gasteiger charge is 2.17. The number of imidazole rings is 1. The standard InChI is InChI=1S/C24H34N6O3/c1-5-6-7-8-9-10-11-16-30-20-21(29(3)24(32)26-22(20)31)25-23(30)28-27-17(2)18-12-14-19(33-4)15-13-18/h12-15H,5-11,16H2,1-4H3,(H,25,28)(H,26,31,32). The van der Waals surface area contributed by atoms with Crippen molar-refractivity contribution in [2.24, 2.45) is 12.1 Å². The average molecular weight is 455 g/mol. The number of hydrazone groups is 1. The first-order valence-electron chi connectivity index (χ1n) is 11.6. The number of hydrogen-bond acceptors (Lipinski definition) is 6. The van der Waals surface area contributed by atoms with Crippen LogP contribution in [0.2, 0.25) is 0 Å². The highest BCUT2D eigenvalue weighted by molar-refractivity contribution is 5.99. The van der Waals surface area contributed by atoms with Crippen molar-refractivity contribution < 1.29 is 4.74 Å². The van der Waals surface area contributed by atoms with E-state index in [1.807, 2.05) is 35.8 Å². The topological polar surface area (TPSA) is 106 Å². The lowest BCUT2D eigenvalue weighted by Crippen LogP contribution is -2.29. The van der Waals surface area contributed by atoms with Gasteiger partial charge in [-0.25, -0.2) is 10.2 Å². The maximum absolute atomic E-state index is 12.6. The Labute approximate surface area is 193 Å². The second kappa shape index (κ2) is 11.5. The highest BCUT2D eigenvalue weighted by Crippen LogP contribution is 2.18. The monoisotopic (exact) mass is 454 g/mol. The largest absolute Gasteiger partial charge is 0.497 e. The van der Waals surface area contributed by atoms with Gasteiger partial charge >= 0.3 is 5.69 Å². The van der Waals surface area contributed by atoms with E-state index in [-0.39, 0.29) is 0 Å². The van der Waals surface area contributed by atoms with E-state index in [2.05, 4.69) is 27.4 Å². The number of rotatable bonds is 12. The van der Waals surface area contributed by atoms with Crippen molar-refractivity contribution in [1.82, 2.24) is 19.1 Å². The molecule has 0 saturated heterocycles. The molecule has 3 rings (SSSR count). The maximum Gasteiger partial charge on any atom is 0.329 e. The summed E-state index contributed by atoms with van der Waals surface area (Å²) in [4.78, 5) is 31.6. The molecular weight excluding hydrogens is 420 g/mol. The van der Waals surface area contributed by atoms with E-state index >= 15 is 0 Å². The van der Waals surface area contributed by atoms with Crippen molar-refractivity contribution in [3.8, 4) is 5.75 Å². The SMILES string of the molecule is CCCCCCCCCn1c(NN=C(C)c2ccc(OC)cc2)nc2c1c(=O)[nH]c(=O)n2C. The molecule has 0 spiro atoms. The number of nitrogens with one attached hydrogen (secondary N) is 2. The summed E-state index contributed by atoms with van der Waals surface area (Å²) in [6, 6.07) is 7.60. The van der Waals surface area contributed by atoms with Crippen LogP contribution in [0.4, 0.5) is 5.95 Å². The van der Waals surface area contributed by atoms with Gasteiger partial charge in [0.05, 0.1) is 12.8 Å². The van der Waals surface area contributed by atoms with Gasteiger partial charge in [-0.2, -0.15) is 10.1 Å². The van der Waals surface area contributed by atoms with Gasteiger partial charge in [-0.05, 0) is 43.2 Å². The van der Waals surface area contributed by atoms with Gasteiger partial charge < -0.3 is 9.30 Å². The molecule has 9 heteroatoms. The first kappa shape index (κ1) is 24.3. The molecule has 33 heavy (non-hydrogen) atoms. The number of fused-ring (bicyclic) bond motifs is 1. The van der Waals surface area contributed by atoms with E-state index in [4.69, 9.17) is 4.74 Å². The molecule has 0 aliphatic carbocycles. The van der Waals surface area contributed by atoms with Gasteiger partial charge in [-0.1, -0.05) is 45.4 Å². The minimum atomic E-state index is -0.488. The fourth-order valence-corrected chi connectivity index (χ4v) is 3.80. The molecule has 2 aromatic heterocycles. The van der Waals surface area contributed by atoms with Crippen LogP contribution in [0.5, 0.6) is 5.75 Å². The molecule has 0 fully saturated rings. The molecule has 0 radical (unpaired) electrons. The number of aromatic amines is 1. The first-order chi connectivity index (χ1) is 16.0. The summed E-state index contributed by atoms with van der Waals surface area (Å²) in [7, 11) is 3.23. The van der Waals surface area contributed by atoms with E-state index in [1.165, 1.54) is 36.7 Å². The number of methoxy groups -OCH3 is 1. The van der Waals surface area contributed by atoms with Crippen LogP contribution in [-0.2, 0) is 13.6 Å². The van der Waals surface area contributed by atoms with Crippen LogP contribution in [0.15, 0.2) is 39.0 Å². The third-order valence-electron chi connectivity index (χ3n) is 5.82. The van der Waals surface area contributed by atoms with Crippen LogP contribution in [0.1, 0.15) is 64.4 Å². The van der Waals surface area contributed by atoms with Gasteiger partial charge in [-0.3, -0.25) is 14.3 Å². The van der Waals surface area contributed by atoms with Crippen LogP contribution in [-0.4, -0.2) is 31.9 Å². The molecule has 178 valence electrons. The Kier molecular flexibility index (Phi) is 8.46. The quantitative estimate of drug-likeness (QED) is 0.244. The van der Waals surface area contributed by atoms with Gasteiger partial charge in [0.15, 0.2) is 11.2 Å². The molecule has 0 atom stereocenters. The molecule has 2 heterocycles. The molecule has 9 nitrogen and oxygen atoms in total. The number of nitrogens with zero attached hydrogens (tertiary/aromatic N) is 4. The Morgan fingerprint density at radius 1 is 1.09 bits per heavy atom. The van der Waals surface area contributed by atoms with Gasteiger partial charge in [-0.15, -0.1) is 0 Å². The third-order valence-corrected chi connectivity index (χ3v) is 5.82. The molecule has 0 unspecified atom stereocenters. The Bertz CT molecular complexity index is 1200. The number of unbranched alkanes of at least 4 members (excludes halogenated alkanes) is 6. The molecule has 0 saturated carbocycles. The molecule has 2 N–H and O–H groups in total. The number of aryl methyl sites for hydroxylation is 2. The number of aromatic nitrogens is 4. The molecular formula is C24H34N6O3. The molecule has 0 aliphatic heterocycles. The molecule has 0 amide bonds. The lowest BCUT2D eigenvalue weighted by molar-refractivity contribution is 0.415. The first-order valence-corrected chi connectivity index (χ1v) is 11.6. The Morgan fingerprint density at radius 3 is 2.42 bits per heavy atom. The lowest BCUT2D eigenvalue weighted by Gasteiger charge is -2.09. The van der Waals surface area contributed by atoms with Gasteiger partial charge in [0.2, 0.25) is 5.95 Å². The number of H-pyrrole nitrogens is 1. The Balaban J connectivity index is 1.84. The summed E-state index contributed by atoms with van der Waals surface area (Å²) >= 11 is 0. The van der Waals surface area contributed by atoms with Crippen molar-refractivity contribution in [2.45, 2.75) is 65.3 Å². The summed E-state index contributed by atoms with van der Waals surface area (Å²) in [5, 5.41) is 4.48. The number of hydrogen-bond donors (Lipinski definition) is 2. The fourth-order valence-electron chi connectivity index (χ4n) is 3.80. The summed E-state index contributed by atoms with van der Waals surface area (Å²) in [6.45, 7) is 4.72. The van der Waals surface area contributed by atoms with Gasteiger partial charge in [0, 0.05) is 13.6 Å². The predicted molar refractivity (Wildman–Crippen MR) is 132 cm³/mol. The van der Waals surface area contributed by atoms with Crippen molar-refractivity contribution in [1.29, 1.82) is 0 Å². The smallest absolute Gasteiger partial charge is 0.329 e. The number of benzene rings is 1. The maximum atomic E-state index is 12.6. The summed E-state index contributed by atoms with van der Waals surface area (Å²) in [5.41, 5.74) is 4.50. The van der Waals surface area contributed by atoms with Crippen LogP contribution in [0.3, 0.4) is 0 Å². The minimum absolute atomic E-state index is 0.339. The summed E-state index contributed by atoms with van der Waals surface area (Å²) in [6.07, 6.45) is 8.14. The zero-order chi connectivity index (χ0) is 23.8. The number of anilines is 1. The van der Waals surface area contributed by atoms with Gasteiger partial charge in [0.1, 0.15) is 5.75 Å². The molecule has 3 aromatic rings. The Hall–Kier alpha value is -3.36. The van der Waals surface area contributed by atoms with Crippen LogP contribution in [0, 0.1) is 0 Å². The van der Waals surface area contributed by atoms with Crippen molar-refractivity contribution in [3.63, 3.8) is 0 Å². The normalized spacial score (nSPS) is 11.8. The molecule has 0 bridgehead atoms. The van der Waals surface area contributed by atoms with Crippen molar-refractivity contribution >= 4 is 22.8 Å². The summed E-state index contributed by atoms with van der Waals surface area (Å²) < 4.78 is 8.38. The second-order valence-electron chi connectivity index (χ2n) is 8.24. The van der Waals surface area contributed by atoms with E-state index in [1.54, 1.807) is 14.2 Å². The van der Waals surface area contributed by atoms with Crippen LogP contribution < -0.4 is 21.4 Å². The van der Waals surface area contributed by atoms with E-state index < -0.39 is 11.2 Å². The van der Waals surface area contributed by atoms with Gasteiger partial charge in [0.25, 0.3) is 5.56 Å². The second-order valence-corrected chi connectivity index (χ2v) is 8.24. The zero-order valence-electron chi connectivity index (χ0n) is 20.0. The lowest BCUT2D eigenvalue weighted by atomic mass is 10.1. The minimum Gasteiger partial charge on any atom is -0.497 e. The van der Waals surface area contributed by atoms with E-state index in [0.29, 0.717) is 23.7 Å². The fraction of sp³-hybridized carbons (Fsp3) is 0.500. The average Bonchev–Trinajstić information content (AvgIpc) is 3.19. The Morgan fingerprint density at radius 2 is 1.76 bits per heavy atom. The highest BCUT2D eigenvalue weighted by atomic mass is 16.5. The van der Waals surface area contributed by atoms with Crippen LogP contribution >= 0.6 is 0 Å². The zero-order valence-corrected chi connectivity index (χ0v) is 20.0.